The summed E-state index contributed by atoms with van der Waals surface area (Å²) in [5.41, 5.74) is 2.72. The van der Waals surface area contributed by atoms with Crippen molar-refractivity contribution in [3.05, 3.63) is 54.1 Å². The maximum Gasteiger partial charge on any atom is 0.314 e. The highest BCUT2D eigenvalue weighted by molar-refractivity contribution is 5.75. The lowest BCUT2D eigenvalue weighted by Gasteiger charge is -2.26. The van der Waals surface area contributed by atoms with E-state index in [1.165, 1.54) is 6.42 Å². The molecule has 0 spiro atoms. The number of hydrogen-bond donors (Lipinski definition) is 0. The Labute approximate surface area is 158 Å². The number of carbonyl (C=O) groups excluding carboxylic acids is 1. The van der Waals surface area contributed by atoms with Crippen LogP contribution in [0.25, 0.3) is 11.1 Å². The van der Waals surface area contributed by atoms with Crippen LogP contribution in [0.5, 0.6) is 5.75 Å². The second-order valence-electron chi connectivity index (χ2n) is 6.76. The number of hydrogen-bond acceptors (Lipinski definition) is 3. The second kappa shape index (κ2) is 9.20. The van der Waals surface area contributed by atoms with E-state index in [0.29, 0.717) is 11.3 Å². The summed E-state index contributed by atoms with van der Waals surface area (Å²) in [7, 11) is 0. The molecule has 1 saturated carbocycles. The minimum Gasteiger partial charge on any atom is -0.426 e. The fourth-order valence-corrected chi connectivity index (χ4v) is 3.46. The molecular weight excluding hydrogens is 322 g/mol. The molecule has 3 nitrogen and oxygen atoms in total. The lowest BCUT2D eigenvalue weighted by atomic mass is 9.81. The highest BCUT2D eigenvalue weighted by atomic mass is 16.5. The van der Waals surface area contributed by atoms with E-state index in [1.807, 2.05) is 36.4 Å². The number of nitriles is 1. The Hall–Kier alpha value is -2.60. The van der Waals surface area contributed by atoms with Crippen LogP contribution < -0.4 is 4.74 Å². The Morgan fingerprint density at radius 2 is 1.58 bits per heavy atom. The largest absolute Gasteiger partial charge is 0.426 e. The molecule has 2 aromatic rings. The maximum absolute atomic E-state index is 12.3. The molecule has 0 aromatic heterocycles. The molecule has 1 aliphatic carbocycles. The van der Waals surface area contributed by atoms with Crippen LogP contribution >= 0.6 is 0 Å². The fourth-order valence-electron chi connectivity index (χ4n) is 3.46. The number of benzene rings is 2. The van der Waals surface area contributed by atoms with Crippen molar-refractivity contribution in [2.75, 3.05) is 0 Å². The van der Waals surface area contributed by atoms with Gasteiger partial charge in [-0.1, -0.05) is 45.0 Å². The van der Waals surface area contributed by atoms with Gasteiger partial charge in [-0.25, -0.2) is 0 Å². The van der Waals surface area contributed by atoms with Crippen molar-refractivity contribution in [1.82, 2.24) is 0 Å². The molecule has 0 aliphatic heterocycles. The molecule has 138 valence electrons. The second-order valence-corrected chi connectivity index (χ2v) is 6.76. The number of ether oxygens (including phenoxy) is 1. The van der Waals surface area contributed by atoms with E-state index < -0.39 is 0 Å². The molecular formula is C23H29NO2. The molecule has 1 fully saturated rings. The van der Waals surface area contributed by atoms with Crippen molar-refractivity contribution in [2.45, 2.75) is 46.5 Å². The van der Waals surface area contributed by atoms with Gasteiger partial charge in [-0.3, -0.25) is 4.79 Å². The van der Waals surface area contributed by atoms with E-state index in [1.54, 1.807) is 12.1 Å². The molecule has 3 rings (SSSR count). The van der Waals surface area contributed by atoms with Crippen LogP contribution in [0.1, 0.15) is 53.4 Å². The van der Waals surface area contributed by atoms with Gasteiger partial charge >= 0.3 is 5.97 Å². The summed E-state index contributed by atoms with van der Waals surface area (Å²) in [6.45, 7) is 2.22. The first-order valence-corrected chi connectivity index (χ1v) is 9.02. The highest BCUT2D eigenvalue weighted by Gasteiger charge is 2.26. The zero-order valence-corrected chi connectivity index (χ0v) is 14.6. The van der Waals surface area contributed by atoms with Gasteiger partial charge in [0.15, 0.2) is 0 Å². The van der Waals surface area contributed by atoms with Crippen LogP contribution in [0.4, 0.5) is 0 Å². The van der Waals surface area contributed by atoms with E-state index in [0.717, 1.165) is 42.7 Å². The number of nitrogens with zero attached hydrogens (tertiary/aromatic N) is 1. The molecule has 0 atom stereocenters. The van der Waals surface area contributed by atoms with Crippen LogP contribution in [0.15, 0.2) is 48.5 Å². The third-order valence-electron chi connectivity index (χ3n) is 5.18. The van der Waals surface area contributed by atoms with E-state index >= 15 is 0 Å². The van der Waals surface area contributed by atoms with E-state index in [-0.39, 0.29) is 20.7 Å². The molecule has 0 amide bonds. The van der Waals surface area contributed by atoms with Crippen molar-refractivity contribution >= 4 is 5.97 Å². The quantitative estimate of drug-likeness (QED) is 0.484. The molecule has 0 N–H and O–H groups in total. The van der Waals surface area contributed by atoms with Crippen LogP contribution in [0.2, 0.25) is 0 Å². The predicted molar refractivity (Wildman–Crippen MR) is 107 cm³/mol. The standard InChI is InChI=1S/C22H23NO2.CH4.H2/c1-2-16-3-9-20(10-4-16)22(24)25-21-13-11-19(12-14-21)18-7-5-17(15-23)6-8-18;;/h5-8,11-14,16,20H,2-4,9-10H2,1H3;1H4;1H. The highest BCUT2D eigenvalue weighted by Crippen LogP contribution is 2.32. The van der Waals surface area contributed by atoms with Gasteiger partial charge in [0.05, 0.1) is 17.6 Å². The van der Waals surface area contributed by atoms with Crippen molar-refractivity contribution in [2.24, 2.45) is 11.8 Å². The molecule has 3 heteroatoms. The summed E-state index contributed by atoms with van der Waals surface area (Å²) < 4.78 is 5.57. The van der Waals surface area contributed by atoms with Crippen LogP contribution in [-0.4, -0.2) is 5.97 Å². The minimum absolute atomic E-state index is 0. The van der Waals surface area contributed by atoms with Gasteiger partial charge in [0.1, 0.15) is 5.75 Å². The van der Waals surface area contributed by atoms with Crippen molar-refractivity contribution in [3.63, 3.8) is 0 Å². The smallest absolute Gasteiger partial charge is 0.314 e. The Balaban J connectivity index is 0.00000182. The number of rotatable bonds is 4. The number of carbonyl (C=O) groups is 1. The molecule has 0 radical (unpaired) electrons. The molecule has 2 aromatic carbocycles. The molecule has 0 bridgehead atoms. The molecule has 0 heterocycles. The van der Waals surface area contributed by atoms with Gasteiger partial charge in [0, 0.05) is 1.43 Å². The van der Waals surface area contributed by atoms with E-state index in [4.69, 9.17) is 10.00 Å². The van der Waals surface area contributed by atoms with E-state index in [9.17, 15) is 4.79 Å². The van der Waals surface area contributed by atoms with Gasteiger partial charge in [0.25, 0.3) is 0 Å². The summed E-state index contributed by atoms with van der Waals surface area (Å²) in [6, 6.07) is 17.1. The minimum atomic E-state index is -0.0966. The SMILES string of the molecule is C.CCC1CCC(C(=O)Oc2ccc(-c3ccc(C#N)cc3)cc2)CC1.[HH]. The first kappa shape index (κ1) is 19.7. The zero-order chi connectivity index (χ0) is 17.6. The maximum atomic E-state index is 12.3. The van der Waals surface area contributed by atoms with Gasteiger partial charge in [-0.05, 0) is 67.0 Å². The molecule has 0 saturated heterocycles. The summed E-state index contributed by atoms with van der Waals surface area (Å²) in [6.07, 6.45) is 5.36. The lowest BCUT2D eigenvalue weighted by molar-refractivity contribution is -0.140. The first-order valence-electron chi connectivity index (χ1n) is 9.02. The topological polar surface area (TPSA) is 50.1 Å². The fraction of sp³-hybridized carbons (Fsp3) is 0.391. The normalized spacial score (nSPS) is 19.1. The summed E-state index contributed by atoms with van der Waals surface area (Å²) in [5.74, 6) is 1.32. The van der Waals surface area contributed by atoms with Crippen molar-refractivity contribution in [3.8, 4) is 22.9 Å². The average molecular weight is 351 g/mol. The van der Waals surface area contributed by atoms with Crippen LogP contribution in [-0.2, 0) is 4.79 Å². The van der Waals surface area contributed by atoms with Gasteiger partial charge in [-0.15, -0.1) is 0 Å². The molecule has 1 aliphatic rings. The Morgan fingerprint density at radius 1 is 1.04 bits per heavy atom. The third-order valence-corrected chi connectivity index (χ3v) is 5.18. The van der Waals surface area contributed by atoms with Crippen molar-refractivity contribution < 1.29 is 11.0 Å². The Kier molecular flexibility index (Phi) is 6.97. The predicted octanol–water partition coefficient (Wildman–Crippen LogP) is 6.23. The van der Waals surface area contributed by atoms with Gasteiger partial charge in [-0.2, -0.15) is 5.26 Å². The molecule has 26 heavy (non-hydrogen) atoms. The summed E-state index contributed by atoms with van der Waals surface area (Å²) in [4.78, 5) is 12.3. The van der Waals surface area contributed by atoms with E-state index in [2.05, 4.69) is 13.0 Å². The van der Waals surface area contributed by atoms with Crippen molar-refractivity contribution in [1.29, 1.82) is 5.26 Å². The van der Waals surface area contributed by atoms with Gasteiger partial charge in [0.2, 0.25) is 0 Å². The third kappa shape index (κ3) is 4.73. The lowest BCUT2D eigenvalue weighted by Crippen LogP contribution is -2.25. The first-order chi connectivity index (χ1) is 12.2. The monoisotopic (exact) mass is 351 g/mol. The summed E-state index contributed by atoms with van der Waals surface area (Å²) in [5, 5.41) is 8.86. The Morgan fingerprint density at radius 3 is 2.08 bits per heavy atom. The molecule has 0 unspecified atom stereocenters. The average Bonchev–Trinajstić information content (AvgIpc) is 2.68. The number of esters is 1. The zero-order valence-electron chi connectivity index (χ0n) is 14.6. The van der Waals surface area contributed by atoms with Crippen LogP contribution in [0, 0.1) is 23.2 Å². The van der Waals surface area contributed by atoms with Gasteiger partial charge < -0.3 is 4.74 Å². The Bertz CT molecular complexity index is 754. The van der Waals surface area contributed by atoms with Crippen LogP contribution in [0.3, 0.4) is 0 Å². The summed E-state index contributed by atoms with van der Waals surface area (Å²) >= 11 is 0.